The molecule has 0 fully saturated rings. The molecule has 0 bridgehead atoms. The van der Waals surface area contributed by atoms with Crippen molar-refractivity contribution in [2.24, 2.45) is 10.9 Å². The summed E-state index contributed by atoms with van der Waals surface area (Å²) in [5.41, 5.74) is 3.56. The van der Waals surface area contributed by atoms with Gasteiger partial charge in [-0.25, -0.2) is 4.99 Å². The van der Waals surface area contributed by atoms with Gasteiger partial charge in [-0.3, -0.25) is 9.59 Å². The van der Waals surface area contributed by atoms with Crippen LogP contribution in [-0.4, -0.2) is 35.5 Å². The van der Waals surface area contributed by atoms with Crippen LogP contribution in [0.4, 0.5) is 5.69 Å². The summed E-state index contributed by atoms with van der Waals surface area (Å²) >= 11 is 1.47. The molecule has 0 saturated heterocycles. The normalized spacial score (nSPS) is 17.1. The van der Waals surface area contributed by atoms with Crippen molar-refractivity contribution < 1.29 is 14.3 Å². The van der Waals surface area contributed by atoms with E-state index in [1.807, 2.05) is 71.8 Å². The van der Waals surface area contributed by atoms with Crippen molar-refractivity contribution in [3.8, 4) is 5.75 Å². The molecule has 7 nitrogen and oxygen atoms in total. The van der Waals surface area contributed by atoms with Crippen LogP contribution in [0.3, 0.4) is 0 Å². The predicted octanol–water partition coefficient (Wildman–Crippen LogP) is 5.07. The van der Waals surface area contributed by atoms with Gasteiger partial charge in [-0.2, -0.15) is 0 Å². The lowest BCUT2D eigenvalue weighted by Crippen LogP contribution is -2.39. The number of amides is 2. The van der Waals surface area contributed by atoms with Crippen LogP contribution in [0.2, 0.25) is 0 Å². The fraction of sp³-hybridized carbons (Fsp3) is 0.296. The lowest BCUT2D eigenvalue weighted by molar-refractivity contribution is -0.120. The monoisotopic (exact) mass is 490 g/mol. The number of thioether (sulfide) groups is 1. The Hall–Kier alpha value is -3.52. The van der Waals surface area contributed by atoms with Crippen molar-refractivity contribution in [3.05, 3.63) is 82.5 Å². The summed E-state index contributed by atoms with van der Waals surface area (Å²) < 4.78 is 5.47. The van der Waals surface area contributed by atoms with Crippen LogP contribution < -0.4 is 15.4 Å². The molecule has 2 N–H and O–H groups in total. The maximum Gasteiger partial charge on any atom is 0.255 e. The van der Waals surface area contributed by atoms with Gasteiger partial charge in [0.2, 0.25) is 5.91 Å². The van der Waals surface area contributed by atoms with E-state index in [-0.39, 0.29) is 18.2 Å². The molecule has 2 aliphatic rings. The zero-order valence-electron chi connectivity index (χ0n) is 20.4. The highest BCUT2D eigenvalue weighted by atomic mass is 32.2. The SMILES string of the molecule is COc1cccc([C@H]2C(C(=O)Nc3ccccc3)=C(C)N=C3SC=C(CC(=O)NCC(C)C)N32)c1. The Morgan fingerprint density at radius 1 is 1.14 bits per heavy atom. The summed E-state index contributed by atoms with van der Waals surface area (Å²) in [4.78, 5) is 33.1. The second-order valence-corrected chi connectivity index (χ2v) is 9.70. The van der Waals surface area contributed by atoms with Crippen molar-refractivity contribution in [3.63, 3.8) is 0 Å². The van der Waals surface area contributed by atoms with Crippen LogP contribution in [-0.2, 0) is 9.59 Å². The number of carbonyl (C=O) groups excluding carboxylic acids is 2. The minimum Gasteiger partial charge on any atom is -0.497 e. The van der Waals surface area contributed by atoms with E-state index >= 15 is 0 Å². The first-order valence-electron chi connectivity index (χ1n) is 11.6. The lowest BCUT2D eigenvalue weighted by Gasteiger charge is -2.36. The third kappa shape index (κ3) is 5.59. The van der Waals surface area contributed by atoms with Gasteiger partial charge in [-0.15, -0.1) is 0 Å². The number of nitrogens with one attached hydrogen (secondary N) is 2. The van der Waals surface area contributed by atoms with Crippen LogP contribution in [0, 0.1) is 5.92 Å². The van der Waals surface area contributed by atoms with Gasteiger partial charge in [0.1, 0.15) is 5.75 Å². The standard InChI is InChI=1S/C27H30N4O3S/c1-17(2)15-28-23(32)14-21-16-35-27-29-18(3)24(26(33)30-20-10-6-5-7-11-20)25(31(21)27)19-9-8-12-22(13-19)34-4/h5-13,16-17,25H,14-15H2,1-4H3,(H,28,32)(H,30,33)/t25-/m0/s1. The van der Waals surface area contributed by atoms with E-state index in [0.717, 1.165) is 16.4 Å². The summed E-state index contributed by atoms with van der Waals surface area (Å²) in [5.74, 6) is 0.767. The number of amidine groups is 1. The smallest absolute Gasteiger partial charge is 0.255 e. The number of aliphatic imine (C=N–C) groups is 1. The molecule has 2 aliphatic heterocycles. The average molecular weight is 491 g/mol. The van der Waals surface area contributed by atoms with Crippen LogP contribution >= 0.6 is 11.8 Å². The molecule has 2 amide bonds. The number of carbonyl (C=O) groups is 2. The predicted molar refractivity (Wildman–Crippen MR) is 141 cm³/mol. The molecule has 0 aromatic heterocycles. The highest BCUT2D eigenvalue weighted by molar-refractivity contribution is 8.16. The van der Waals surface area contributed by atoms with Crippen molar-refractivity contribution in [2.75, 3.05) is 19.0 Å². The van der Waals surface area contributed by atoms with E-state index in [2.05, 4.69) is 24.5 Å². The van der Waals surface area contributed by atoms with Gasteiger partial charge in [0.05, 0.1) is 30.8 Å². The number of nitrogens with zero attached hydrogens (tertiary/aromatic N) is 2. The molecule has 182 valence electrons. The number of methoxy groups -OCH3 is 1. The lowest BCUT2D eigenvalue weighted by atomic mass is 9.93. The number of allylic oxidation sites excluding steroid dienone is 1. The summed E-state index contributed by atoms with van der Waals surface area (Å²) in [7, 11) is 1.62. The maximum absolute atomic E-state index is 13.6. The van der Waals surface area contributed by atoms with Gasteiger partial charge in [0, 0.05) is 17.9 Å². The molecule has 2 aromatic rings. The molecule has 2 aromatic carbocycles. The van der Waals surface area contributed by atoms with E-state index in [1.165, 1.54) is 11.8 Å². The Kier molecular flexibility index (Phi) is 7.60. The van der Waals surface area contributed by atoms with Crippen LogP contribution in [0.15, 0.2) is 82.0 Å². The number of fused-ring (bicyclic) bond motifs is 1. The van der Waals surface area contributed by atoms with Gasteiger partial charge in [-0.1, -0.05) is 55.9 Å². The topological polar surface area (TPSA) is 83.0 Å². The van der Waals surface area contributed by atoms with E-state index in [0.29, 0.717) is 35.2 Å². The van der Waals surface area contributed by atoms with Crippen molar-refractivity contribution in [1.82, 2.24) is 10.2 Å². The van der Waals surface area contributed by atoms with E-state index in [4.69, 9.17) is 9.73 Å². The minimum absolute atomic E-state index is 0.0576. The zero-order valence-corrected chi connectivity index (χ0v) is 21.2. The first-order valence-corrected chi connectivity index (χ1v) is 12.5. The Bertz CT molecular complexity index is 1200. The molecule has 35 heavy (non-hydrogen) atoms. The van der Waals surface area contributed by atoms with Crippen molar-refractivity contribution in [1.29, 1.82) is 0 Å². The largest absolute Gasteiger partial charge is 0.497 e. The molecule has 0 aliphatic carbocycles. The summed E-state index contributed by atoms with van der Waals surface area (Å²) in [6.45, 7) is 6.59. The third-order valence-corrected chi connectivity index (χ3v) is 6.62. The molecular formula is C27H30N4O3S. The number of hydrogen-bond acceptors (Lipinski definition) is 6. The second kappa shape index (κ2) is 10.8. The number of para-hydroxylation sites is 1. The highest BCUT2D eigenvalue weighted by Crippen LogP contribution is 2.45. The van der Waals surface area contributed by atoms with Crippen LogP contribution in [0.1, 0.15) is 38.8 Å². The second-order valence-electron chi connectivity index (χ2n) is 8.86. The van der Waals surface area contributed by atoms with Gasteiger partial charge >= 0.3 is 0 Å². The molecule has 8 heteroatoms. The van der Waals surface area contributed by atoms with Crippen LogP contribution in [0.5, 0.6) is 5.75 Å². The molecule has 0 saturated carbocycles. The highest BCUT2D eigenvalue weighted by Gasteiger charge is 2.40. The Morgan fingerprint density at radius 3 is 2.63 bits per heavy atom. The van der Waals surface area contributed by atoms with Gasteiger partial charge in [-0.05, 0) is 48.1 Å². The first-order chi connectivity index (χ1) is 16.9. The van der Waals surface area contributed by atoms with E-state index < -0.39 is 6.04 Å². The number of hydrogen-bond donors (Lipinski definition) is 2. The number of benzene rings is 2. The van der Waals surface area contributed by atoms with Gasteiger partial charge in [0.25, 0.3) is 5.91 Å². The average Bonchev–Trinajstić information content (AvgIpc) is 3.24. The number of anilines is 1. The third-order valence-electron chi connectivity index (χ3n) is 5.74. The molecule has 0 spiro atoms. The molecule has 0 unspecified atom stereocenters. The Labute approximate surface area is 210 Å². The summed E-state index contributed by atoms with van der Waals surface area (Å²) in [6, 6.07) is 16.6. The molecular weight excluding hydrogens is 460 g/mol. The number of rotatable bonds is 8. The van der Waals surface area contributed by atoms with Crippen molar-refractivity contribution >= 4 is 34.4 Å². The van der Waals surface area contributed by atoms with Gasteiger partial charge in [0.15, 0.2) is 5.17 Å². The van der Waals surface area contributed by atoms with E-state index in [1.54, 1.807) is 7.11 Å². The van der Waals surface area contributed by atoms with Crippen LogP contribution in [0.25, 0.3) is 0 Å². The molecule has 1 atom stereocenters. The van der Waals surface area contributed by atoms with Crippen molar-refractivity contribution in [2.45, 2.75) is 33.2 Å². The Balaban J connectivity index is 1.71. The number of ether oxygens (including phenoxy) is 1. The first kappa shape index (κ1) is 24.6. The zero-order chi connectivity index (χ0) is 24.9. The van der Waals surface area contributed by atoms with E-state index in [9.17, 15) is 9.59 Å². The molecule has 2 heterocycles. The Morgan fingerprint density at radius 2 is 1.91 bits per heavy atom. The summed E-state index contributed by atoms with van der Waals surface area (Å²) in [6.07, 6.45) is 0.200. The van der Waals surface area contributed by atoms with Gasteiger partial charge < -0.3 is 20.3 Å². The minimum atomic E-state index is -0.458. The molecule has 0 radical (unpaired) electrons. The fourth-order valence-corrected chi connectivity index (χ4v) is 5.02. The summed E-state index contributed by atoms with van der Waals surface area (Å²) in [5, 5.41) is 8.69. The fourth-order valence-electron chi connectivity index (χ4n) is 4.05. The molecule has 4 rings (SSSR count). The maximum atomic E-state index is 13.6. The quantitative estimate of drug-likeness (QED) is 0.540.